The molecule has 0 aliphatic carbocycles. The van der Waals surface area contributed by atoms with E-state index in [-0.39, 0.29) is 11.2 Å². The van der Waals surface area contributed by atoms with Crippen molar-refractivity contribution in [3.8, 4) is 6.07 Å². The number of carboxylic acid groups (broad SMARTS) is 1. The number of hydrogen-bond acceptors (Lipinski definition) is 8. The van der Waals surface area contributed by atoms with E-state index in [0.717, 1.165) is 10.8 Å². The minimum atomic E-state index is -1.90. The van der Waals surface area contributed by atoms with Crippen LogP contribution in [0.2, 0.25) is 6.43 Å². The number of carbonyl (C=O) groups is 2. The summed E-state index contributed by atoms with van der Waals surface area (Å²) < 4.78 is 15.5. The van der Waals surface area contributed by atoms with Crippen LogP contribution in [-0.2, 0) is 14.3 Å². The highest BCUT2D eigenvalue weighted by Crippen LogP contribution is 2.35. The number of carboxylic acids is 1. The van der Waals surface area contributed by atoms with Gasteiger partial charge in [-0.3, -0.25) is 4.79 Å². The maximum atomic E-state index is 12.8. The van der Waals surface area contributed by atoms with Crippen molar-refractivity contribution in [2.24, 2.45) is 5.92 Å². The Bertz CT molecular complexity index is 1230. The molecule has 1 aliphatic rings. The number of fused-ring (bicyclic) bond motifs is 1. The van der Waals surface area contributed by atoms with Gasteiger partial charge < -0.3 is 30.5 Å². The highest BCUT2D eigenvalue weighted by atomic mass is 79.9. The topological polar surface area (TPSA) is 178 Å². The average molecular weight is 559 g/mol. The second-order valence-corrected chi connectivity index (χ2v) is 9.21. The fourth-order valence-corrected chi connectivity index (χ4v) is 4.01. The lowest BCUT2D eigenvalue weighted by molar-refractivity contribution is -0.147. The van der Waals surface area contributed by atoms with Gasteiger partial charge in [0, 0.05) is 15.8 Å². The number of nitriles is 1. The van der Waals surface area contributed by atoms with Crippen molar-refractivity contribution in [2.75, 3.05) is 6.61 Å². The number of aliphatic carboxylic acids is 1. The number of halogens is 2. The number of hydrogen-bond donors (Lipinski definition) is 5. The lowest BCUT2D eigenvalue weighted by Crippen LogP contribution is -2.59. The van der Waals surface area contributed by atoms with Crippen molar-refractivity contribution in [2.45, 2.75) is 44.2 Å². The Labute approximate surface area is 208 Å². The molecule has 0 unspecified atom stereocenters. The van der Waals surface area contributed by atoms with Crippen molar-refractivity contribution in [1.82, 2.24) is 15.1 Å². The molecule has 5 N–H and O–H groups in total. The normalized spacial score (nSPS) is 22.4. The van der Waals surface area contributed by atoms with E-state index < -0.39 is 60.6 Å². The molecule has 34 heavy (non-hydrogen) atoms. The lowest BCUT2D eigenvalue weighted by atomic mass is 9.91. The van der Waals surface area contributed by atoms with Gasteiger partial charge in [-0.05, 0) is 34.1 Å². The van der Waals surface area contributed by atoms with Gasteiger partial charge in [0.25, 0.3) is 0 Å². The van der Waals surface area contributed by atoms with E-state index in [2.05, 4.69) is 21.0 Å². The van der Waals surface area contributed by atoms with E-state index in [1.807, 2.05) is 6.07 Å². The molecule has 11 nitrogen and oxygen atoms in total. The van der Waals surface area contributed by atoms with Gasteiger partial charge in [-0.15, -0.1) is 0 Å². The van der Waals surface area contributed by atoms with Crippen LogP contribution in [0.3, 0.4) is 0 Å². The van der Waals surface area contributed by atoms with Crippen LogP contribution < -0.4 is 5.31 Å². The Morgan fingerprint density at radius 2 is 2.12 bits per heavy atom. The molecule has 0 fully saturated rings. The predicted octanol–water partition coefficient (Wildman–Crippen LogP) is 1.09. The van der Waals surface area contributed by atoms with Crippen molar-refractivity contribution in [1.29, 1.82) is 5.26 Å². The molecule has 2 heterocycles. The van der Waals surface area contributed by atoms with E-state index in [1.165, 1.54) is 19.9 Å². The van der Waals surface area contributed by atoms with Gasteiger partial charge >= 0.3 is 5.97 Å². The van der Waals surface area contributed by atoms with Gasteiger partial charge in [0.1, 0.15) is 30.1 Å². The van der Waals surface area contributed by atoms with Crippen LogP contribution in [0.5, 0.6) is 0 Å². The minimum absolute atomic E-state index is 0.0309. The number of aliphatic hydroxyl groups is 3. The monoisotopic (exact) mass is 557 g/mol. The number of carbonyl (C=O) groups excluding carboxylic acids is 1. The molecule has 1 aromatic heterocycles. The fraction of sp³-hybridized carbons (Fsp3) is 0.429. The quantitative estimate of drug-likeness (QED) is 0.333. The van der Waals surface area contributed by atoms with Crippen molar-refractivity contribution >= 4 is 50.3 Å². The first kappa shape index (κ1) is 24.4. The van der Waals surface area contributed by atoms with Crippen LogP contribution in [0.1, 0.15) is 25.6 Å². The smallest absolute Gasteiger partial charge is 0.370 e. The summed E-state index contributed by atoms with van der Waals surface area (Å²) in [6, 6.07) is 2.28. The lowest BCUT2D eigenvalue weighted by Gasteiger charge is -2.40. The molecule has 3 rings (SSSR count). The number of nitrogens with zero attached hydrogens (tertiary/aromatic N) is 3. The summed E-state index contributed by atoms with van der Waals surface area (Å²) in [6.45, 7) is 2.18. The molecule has 0 saturated heterocycles. The molecule has 182 valence electrons. The Balaban J connectivity index is 2.31. The van der Waals surface area contributed by atoms with Gasteiger partial charge in [0.05, 0.1) is 29.2 Å². The highest BCUT2D eigenvalue weighted by Gasteiger charge is 2.45. The third-order valence-electron chi connectivity index (χ3n) is 5.30. The van der Waals surface area contributed by atoms with E-state index in [9.17, 15) is 35.3 Å². The van der Waals surface area contributed by atoms with Crippen LogP contribution in [0.25, 0.3) is 10.9 Å². The first-order valence-electron chi connectivity index (χ1n) is 10.6. The summed E-state index contributed by atoms with van der Waals surface area (Å²) in [5.41, 5.74) is 0.251. The zero-order valence-corrected chi connectivity index (χ0v) is 20.3. The molecule has 0 spiro atoms. The van der Waals surface area contributed by atoms with Crippen LogP contribution in [0.15, 0.2) is 28.4 Å². The summed E-state index contributed by atoms with van der Waals surface area (Å²) >= 11 is 9.44. The molecular weight excluding hydrogens is 536 g/mol. The molecule has 13 heteroatoms. The number of rotatable bonds is 7. The summed E-state index contributed by atoms with van der Waals surface area (Å²) in [6.07, 6.45) is -4.28. The zero-order valence-electron chi connectivity index (χ0n) is 19.0. The molecule has 0 radical (unpaired) electrons. The van der Waals surface area contributed by atoms with Gasteiger partial charge in [-0.1, -0.05) is 25.4 Å². The summed E-state index contributed by atoms with van der Waals surface area (Å²) in [5, 5.41) is 55.2. The third kappa shape index (κ3) is 4.89. The Hall–Kier alpha value is -2.69. The van der Waals surface area contributed by atoms with Crippen LogP contribution >= 0.6 is 27.5 Å². The van der Waals surface area contributed by atoms with Crippen molar-refractivity contribution < 1.29 is 36.2 Å². The first-order valence-corrected chi connectivity index (χ1v) is 11.3. The van der Waals surface area contributed by atoms with Crippen LogP contribution in [-0.4, -0.2) is 73.0 Å². The van der Waals surface area contributed by atoms with Crippen molar-refractivity contribution in [3.63, 3.8) is 0 Å². The van der Waals surface area contributed by atoms with Gasteiger partial charge in [0.2, 0.25) is 11.7 Å². The number of aliphatic hydroxyl groups excluding tert-OH is 3. The molecule has 1 aromatic carbocycles. The molecule has 0 bridgehead atoms. The molecular formula is C21H22BrClN4O7. The molecule has 1 aliphatic heterocycles. The molecule has 2 aromatic rings. The second-order valence-electron chi connectivity index (χ2n) is 7.95. The Kier molecular flexibility index (Phi) is 7.39. The first-order chi connectivity index (χ1) is 16.4. The Morgan fingerprint density at radius 1 is 1.44 bits per heavy atom. The summed E-state index contributed by atoms with van der Waals surface area (Å²) in [4.78, 5) is 24.6. The fourth-order valence-electron chi connectivity index (χ4n) is 3.51. The molecule has 0 saturated carbocycles. The van der Waals surface area contributed by atoms with E-state index in [0.29, 0.717) is 20.2 Å². The standard InChI is InChI=1S/C21H22BrClN4O7/c1-8(2)20(31)25-17-13(5-16(21(32)33)34-19(17)18(30)15(29)7-28)27-14(6-24)9-3-10(22)11(23)4-12(9)26-27/h3-5,8,13,15,17-19,28-30H,7H2,1-2H3,(H,25,31)(H,32,33)/t13-,15+,17+,18+,19+/m0/s1/i/hD. The molecule has 5 atom stereocenters. The number of benzene rings is 1. The van der Waals surface area contributed by atoms with Crippen LogP contribution in [0.4, 0.5) is 0 Å². The Morgan fingerprint density at radius 3 is 2.68 bits per heavy atom. The molecule has 1 amide bonds. The summed E-state index contributed by atoms with van der Waals surface area (Å²) in [5.74, 6) is -3.56. The zero-order chi connectivity index (χ0) is 26.2. The number of nitrogens with one attached hydrogen (secondary N) is 1. The number of aromatic nitrogens is 2. The maximum absolute atomic E-state index is 12.8. The van der Waals surface area contributed by atoms with Crippen molar-refractivity contribution in [3.05, 3.63) is 39.2 Å². The van der Waals surface area contributed by atoms with E-state index in [1.54, 1.807) is 6.07 Å². The minimum Gasteiger partial charge on any atom is -0.478 e. The van der Waals surface area contributed by atoms with E-state index in [4.69, 9.17) is 17.7 Å². The van der Waals surface area contributed by atoms with Crippen LogP contribution in [0, 0.1) is 17.2 Å². The second kappa shape index (κ2) is 10.3. The predicted molar refractivity (Wildman–Crippen MR) is 123 cm³/mol. The van der Waals surface area contributed by atoms with E-state index >= 15 is 0 Å². The third-order valence-corrected chi connectivity index (χ3v) is 6.49. The average Bonchev–Trinajstić information content (AvgIpc) is 3.18. The number of ether oxygens (including phenoxy) is 1. The van der Waals surface area contributed by atoms with Gasteiger partial charge in [-0.2, -0.15) is 10.4 Å². The number of amides is 1. The van der Waals surface area contributed by atoms with Gasteiger partial charge in [-0.25, -0.2) is 9.48 Å². The largest absolute Gasteiger partial charge is 0.478 e. The summed E-state index contributed by atoms with van der Waals surface area (Å²) in [7, 11) is 0. The highest BCUT2D eigenvalue weighted by molar-refractivity contribution is 9.10. The maximum Gasteiger partial charge on any atom is 0.370 e. The van der Waals surface area contributed by atoms with Gasteiger partial charge in [0.15, 0.2) is 1.41 Å². The SMILES string of the molecule is [2H]N(C(=O)C(C)C)[C@H]1[C@H]([C@H](O)[C@H](O)CO)OC(C(=O)O)=C[C@@H]1n1nc2cc(Cl)c(Br)cc2c1C#N.